The van der Waals surface area contributed by atoms with Crippen molar-refractivity contribution in [1.29, 1.82) is 0 Å². The molecule has 2 aliphatic heterocycles. The first-order valence-electron chi connectivity index (χ1n) is 7.90. The van der Waals surface area contributed by atoms with Crippen LogP contribution in [0, 0.1) is 5.92 Å². The molecule has 2 heterocycles. The van der Waals surface area contributed by atoms with Crippen molar-refractivity contribution in [2.75, 3.05) is 53.5 Å². The Kier molecular flexibility index (Phi) is 6.07. The zero-order chi connectivity index (χ0) is 13.7. The molecule has 1 N–H and O–H groups in total. The van der Waals surface area contributed by atoms with E-state index in [9.17, 15) is 0 Å². The summed E-state index contributed by atoms with van der Waals surface area (Å²) in [5, 5.41) is 3.65. The highest BCUT2D eigenvalue weighted by Crippen LogP contribution is 2.23. The monoisotopic (exact) mass is 269 g/mol. The third kappa shape index (κ3) is 4.42. The van der Waals surface area contributed by atoms with Gasteiger partial charge in [-0.1, -0.05) is 6.92 Å². The van der Waals surface area contributed by atoms with E-state index in [4.69, 9.17) is 4.74 Å². The Morgan fingerprint density at radius 2 is 1.95 bits per heavy atom. The van der Waals surface area contributed by atoms with Crippen LogP contribution in [0.4, 0.5) is 0 Å². The smallest absolute Gasteiger partial charge is 0.0637 e. The van der Waals surface area contributed by atoms with Gasteiger partial charge in [0.25, 0.3) is 0 Å². The van der Waals surface area contributed by atoms with Crippen molar-refractivity contribution >= 4 is 0 Å². The third-order valence-corrected chi connectivity index (χ3v) is 4.53. The molecule has 0 bridgehead atoms. The fraction of sp³-hybridized carbons (Fsp3) is 1.00. The minimum atomic E-state index is 0.592. The van der Waals surface area contributed by atoms with Crippen molar-refractivity contribution in [2.24, 2.45) is 5.92 Å². The van der Waals surface area contributed by atoms with Gasteiger partial charge in [0.05, 0.1) is 6.61 Å². The van der Waals surface area contributed by atoms with Crippen molar-refractivity contribution in [1.82, 2.24) is 15.1 Å². The molecule has 0 aromatic carbocycles. The highest BCUT2D eigenvalue weighted by Gasteiger charge is 2.32. The van der Waals surface area contributed by atoms with Crippen LogP contribution in [0.2, 0.25) is 0 Å². The normalized spacial score (nSPS) is 30.9. The van der Waals surface area contributed by atoms with Crippen LogP contribution in [-0.2, 0) is 4.74 Å². The van der Waals surface area contributed by atoms with Gasteiger partial charge in [0.2, 0.25) is 0 Å². The predicted molar refractivity (Wildman–Crippen MR) is 79.5 cm³/mol. The molecule has 0 amide bonds. The van der Waals surface area contributed by atoms with Crippen LogP contribution in [0.15, 0.2) is 0 Å². The molecule has 2 rings (SSSR count). The minimum absolute atomic E-state index is 0.592. The average Bonchev–Trinajstić information content (AvgIpc) is 2.40. The fourth-order valence-electron chi connectivity index (χ4n) is 3.57. The van der Waals surface area contributed by atoms with E-state index >= 15 is 0 Å². The number of nitrogens with zero attached hydrogens (tertiary/aromatic N) is 2. The van der Waals surface area contributed by atoms with E-state index in [1.807, 2.05) is 0 Å². The number of ether oxygens (including phenoxy) is 1. The number of likely N-dealkylation sites (tertiary alicyclic amines) is 1. The van der Waals surface area contributed by atoms with Gasteiger partial charge in [-0.3, -0.25) is 4.90 Å². The summed E-state index contributed by atoms with van der Waals surface area (Å²) in [6, 6.07) is 1.22. The first kappa shape index (κ1) is 15.2. The van der Waals surface area contributed by atoms with Crippen molar-refractivity contribution in [3.63, 3.8) is 0 Å². The molecule has 4 heteroatoms. The summed E-state index contributed by atoms with van der Waals surface area (Å²) in [7, 11) is 4.37. The summed E-state index contributed by atoms with van der Waals surface area (Å²) < 4.78 is 5.71. The molecule has 0 aromatic rings. The van der Waals surface area contributed by atoms with Gasteiger partial charge in [-0.2, -0.15) is 0 Å². The second-order valence-electron chi connectivity index (χ2n) is 6.34. The second-order valence-corrected chi connectivity index (χ2v) is 6.34. The molecular weight excluding hydrogens is 238 g/mol. The molecular formula is C15H31N3O. The maximum Gasteiger partial charge on any atom is 0.0637 e. The molecule has 0 radical (unpaired) electrons. The SMILES string of the molecule is CCNC1CCOCC1N1CCC(CN(C)C)CC1. The van der Waals surface area contributed by atoms with E-state index < -0.39 is 0 Å². The number of piperidine rings is 1. The fourth-order valence-corrected chi connectivity index (χ4v) is 3.57. The van der Waals surface area contributed by atoms with Gasteiger partial charge in [-0.25, -0.2) is 0 Å². The molecule has 2 saturated heterocycles. The summed E-state index contributed by atoms with van der Waals surface area (Å²) in [5.74, 6) is 0.883. The molecule has 0 aromatic heterocycles. The maximum atomic E-state index is 5.71. The summed E-state index contributed by atoms with van der Waals surface area (Å²) in [5.41, 5.74) is 0. The molecule has 0 spiro atoms. The van der Waals surface area contributed by atoms with Crippen molar-refractivity contribution in [2.45, 2.75) is 38.3 Å². The maximum absolute atomic E-state index is 5.71. The van der Waals surface area contributed by atoms with E-state index in [2.05, 4.69) is 36.1 Å². The van der Waals surface area contributed by atoms with Crippen LogP contribution in [0.3, 0.4) is 0 Å². The predicted octanol–water partition coefficient (Wildman–Crippen LogP) is 1.03. The van der Waals surface area contributed by atoms with E-state index in [1.165, 1.54) is 32.5 Å². The van der Waals surface area contributed by atoms with Crippen molar-refractivity contribution in [3.05, 3.63) is 0 Å². The van der Waals surface area contributed by atoms with Crippen LogP contribution >= 0.6 is 0 Å². The molecule has 2 atom stereocenters. The van der Waals surface area contributed by atoms with Crippen LogP contribution in [0.25, 0.3) is 0 Å². The number of nitrogens with one attached hydrogen (secondary N) is 1. The molecule has 2 fully saturated rings. The first-order valence-corrected chi connectivity index (χ1v) is 7.90. The third-order valence-electron chi connectivity index (χ3n) is 4.53. The molecule has 19 heavy (non-hydrogen) atoms. The quantitative estimate of drug-likeness (QED) is 0.807. The standard InChI is InChI=1S/C15H31N3O/c1-4-16-14-7-10-19-12-15(14)18-8-5-13(6-9-18)11-17(2)3/h13-16H,4-12H2,1-3H3. The lowest BCUT2D eigenvalue weighted by Gasteiger charge is -2.43. The average molecular weight is 269 g/mol. The number of hydrogen-bond donors (Lipinski definition) is 1. The van der Waals surface area contributed by atoms with E-state index in [1.54, 1.807) is 0 Å². The lowest BCUT2D eigenvalue weighted by atomic mass is 9.93. The minimum Gasteiger partial charge on any atom is -0.380 e. The number of likely N-dealkylation sites (N-methyl/N-ethyl adjacent to an activating group) is 1. The molecule has 2 aliphatic rings. The Labute approximate surface area is 118 Å². The van der Waals surface area contributed by atoms with Gasteiger partial charge in [-0.05, 0) is 58.9 Å². The first-order chi connectivity index (χ1) is 9.20. The van der Waals surface area contributed by atoms with Gasteiger partial charge in [0, 0.05) is 25.2 Å². The molecule has 112 valence electrons. The van der Waals surface area contributed by atoms with E-state index in [0.29, 0.717) is 12.1 Å². The Morgan fingerprint density at radius 3 is 2.58 bits per heavy atom. The molecule has 0 aliphatic carbocycles. The lowest BCUT2D eigenvalue weighted by Crippen LogP contribution is -2.57. The lowest BCUT2D eigenvalue weighted by molar-refractivity contribution is -0.0155. The molecule has 0 saturated carbocycles. The largest absolute Gasteiger partial charge is 0.380 e. The highest BCUT2D eigenvalue weighted by atomic mass is 16.5. The Bertz CT molecular complexity index is 250. The zero-order valence-electron chi connectivity index (χ0n) is 12.9. The Balaban J connectivity index is 1.81. The number of rotatable bonds is 5. The Morgan fingerprint density at radius 1 is 1.21 bits per heavy atom. The van der Waals surface area contributed by atoms with E-state index in [0.717, 1.165) is 32.1 Å². The number of hydrogen-bond acceptors (Lipinski definition) is 4. The van der Waals surface area contributed by atoms with Gasteiger partial charge in [0.15, 0.2) is 0 Å². The summed E-state index contributed by atoms with van der Waals surface area (Å²) in [6.07, 6.45) is 3.84. The van der Waals surface area contributed by atoms with Crippen LogP contribution in [-0.4, -0.2) is 75.4 Å². The summed E-state index contributed by atoms with van der Waals surface area (Å²) in [4.78, 5) is 4.99. The second kappa shape index (κ2) is 7.58. The van der Waals surface area contributed by atoms with Crippen molar-refractivity contribution < 1.29 is 4.74 Å². The van der Waals surface area contributed by atoms with Gasteiger partial charge in [-0.15, -0.1) is 0 Å². The topological polar surface area (TPSA) is 27.7 Å². The van der Waals surface area contributed by atoms with Crippen LogP contribution in [0.1, 0.15) is 26.2 Å². The zero-order valence-corrected chi connectivity index (χ0v) is 12.9. The van der Waals surface area contributed by atoms with E-state index in [-0.39, 0.29) is 0 Å². The summed E-state index contributed by atoms with van der Waals surface area (Å²) in [6.45, 7) is 8.84. The van der Waals surface area contributed by atoms with Gasteiger partial charge >= 0.3 is 0 Å². The van der Waals surface area contributed by atoms with Crippen LogP contribution in [0.5, 0.6) is 0 Å². The summed E-state index contributed by atoms with van der Waals surface area (Å²) >= 11 is 0. The Hall–Kier alpha value is -0.160. The van der Waals surface area contributed by atoms with Crippen LogP contribution < -0.4 is 5.32 Å². The van der Waals surface area contributed by atoms with Gasteiger partial charge < -0.3 is 15.0 Å². The highest BCUT2D eigenvalue weighted by molar-refractivity contribution is 4.89. The van der Waals surface area contributed by atoms with Crippen molar-refractivity contribution in [3.8, 4) is 0 Å². The molecule has 2 unspecified atom stereocenters. The molecule has 4 nitrogen and oxygen atoms in total. The van der Waals surface area contributed by atoms with Gasteiger partial charge in [0.1, 0.15) is 0 Å².